The minimum Gasteiger partial charge on any atom is -0.339 e. The second-order valence-corrected chi connectivity index (χ2v) is 7.98. The summed E-state index contributed by atoms with van der Waals surface area (Å²) >= 11 is 1.89. The van der Waals surface area contributed by atoms with Crippen LogP contribution in [0.4, 0.5) is 11.4 Å². The van der Waals surface area contributed by atoms with E-state index in [1.807, 2.05) is 11.8 Å². The first-order valence-electron chi connectivity index (χ1n) is 8.50. The van der Waals surface area contributed by atoms with Crippen LogP contribution in [0.1, 0.15) is 20.3 Å². The maximum absolute atomic E-state index is 2.55. The van der Waals surface area contributed by atoms with Crippen LogP contribution in [0.3, 0.4) is 0 Å². The molecule has 4 rings (SSSR count). The smallest absolute Gasteiger partial charge is 0.0552 e. The Hall–Kier alpha value is -1.45. The van der Waals surface area contributed by atoms with Crippen molar-refractivity contribution in [1.29, 1.82) is 0 Å². The lowest BCUT2D eigenvalue weighted by molar-refractivity contribution is 0.250. The maximum atomic E-state index is 2.55. The van der Waals surface area contributed by atoms with E-state index in [-0.39, 0.29) is 0 Å². The number of nitrogens with zero attached hydrogens (tertiary/aromatic N) is 2. The van der Waals surface area contributed by atoms with Gasteiger partial charge >= 0.3 is 0 Å². The highest BCUT2D eigenvalue weighted by atomic mass is 32.2. The highest BCUT2D eigenvalue weighted by Crippen LogP contribution is 2.48. The molecule has 3 heteroatoms. The minimum atomic E-state index is 0.638. The fourth-order valence-corrected chi connectivity index (χ4v) is 5.07. The van der Waals surface area contributed by atoms with Crippen LogP contribution in [0.15, 0.2) is 58.3 Å². The molecule has 0 aliphatic carbocycles. The molecule has 0 unspecified atom stereocenters. The SMILES string of the molecule is C[C@@H]1C[C@@H](CN2c3ccccc3Sc3ccccc32)[C@H](C)N1C. The molecule has 23 heavy (non-hydrogen) atoms. The van der Waals surface area contributed by atoms with Gasteiger partial charge in [-0.05, 0) is 57.5 Å². The Bertz CT molecular complexity index is 669. The first kappa shape index (κ1) is 15.1. The van der Waals surface area contributed by atoms with E-state index in [0.717, 1.165) is 6.54 Å². The van der Waals surface area contributed by atoms with Gasteiger partial charge in [-0.15, -0.1) is 0 Å². The van der Waals surface area contributed by atoms with Crippen molar-refractivity contribution in [1.82, 2.24) is 4.90 Å². The van der Waals surface area contributed by atoms with Crippen molar-refractivity contribution in [3.63, 3.8) is 0 Å². The first-order chi connectivity index (χ1) is 11.1. The van der Waals surface area contributed by atoms with Gasteiger partial charge in [0.25, 0.3) is 0 Å². The van der Waals surface area contributed by atoms with Crippen molar-refractivity contribution in [2.24, 2.45) is 5.92 Å². The van der Waals surface area contributed by atoms with Crippen molar-refractivity contribution in [2.45, 2.75) is 42.1 Å². The predicted molar refractivity (Wildman–Crippen MR) is 98.8 cm³/mol. The molecule has 2 heterocycles. The number of likely N-dealkylation sites (tertiary alicyclic amines) is 1. The molecule has 0 amide bonds. The summed E-state index contributed by atoms with van der Waals surface area (Å²) in [5.74, 6) is 0.708. The minimum absolute atomic E-state index is 0.638. The number of hydrogen-bond donors (Lipinski definition) is 0. The van der Waals surface area contributed by atoms with Crippen molar-refractivity contribution >= 4 is 23.1 Å². The van der Waals surface area contributed by atoms with Gasteiger partial charge < -0.3 is 9.80 Å². The largest absolute Gasteiger partial charge is 0.339 e. The van der Waals surface area contributed by atoms with Crippen LogP contribution in [-0.2, 0) is 0 Å². The third kappa shape index (κ3) is 2.56. The molecule has 0 N–H and O–H groups in total. The van der Waals surface area contributed by atoms with E-state index in [1.54, 1.807) is 0 Å². The van der Waals surface area contributed by atoms with Crippen LogP contribution in [0.5, 0.6) is 0 Å². The Morgan fingerprint density at radius 2 is 1.52 bits per heavy atom. The Morgan fingerprint density at radius 3 is 2.04 bits per heavy atom. The number of anilines is 2. The average molecular weight is 324 g/mol. The summed E-state index contributed by atoms with van der Waals surface area (Å²) in [7, 11) is 2.27. The Labute approximate surface area is 143 Å². The topological polar surface area (TPSA) is 6.48 Å². The van der Waals surface area contributed by atoms with Crippen LogP contribution in [0.25, 0.3) is 0 Å². The lowest BCUT2D eigenvalue weighted by Crippen LogP contribution is -2.35. The second-order valence-electron chi connectivity index (χ2n) is 6.90. The lowest BCUT2D eigenvalue weighted by atomic mass is 9.99. The molecular formula is C20H24N2S. The van der Waals surface area contributed by atoms with Crippen molar-refractivity contribution in [2.75, 3.05) is 18.5 Å². The molecule has 2 nitrogen and oxygen atoms in total. The summed E-state index contributed by atoms with van der Waals surface area (Å²) in [5.41, 5.74) is 2.73. The van der Waals surface area contributed by atoms with Gasteiger partial charge in [0.1, 0.15) is 0 Å². The normalized spacial score (nSPS) is 26.9. The highest BCUT2D eigenvalue weighted by Gasteiger charge is 2.36. The first-order valence-corrected chi connectivity index (χ1v) is 9.32. The number of benzene rings is 2. The Morgan fingerprint density at radius 1 is 0.957 bits per heavy atom. The summed E-state index contributed by atoms with van der Waals surface area (Å²) in [6.07, 6.45) is 1.28. The molecule has 0 saturated carbocycles. The van der Waals surface area contributed by atoms with Gasteiger partial charge in [0.2, 0.25) is 0 Å². The molecule has 0 spiro atoms. The van der Waals surface area contributed by atoms with E-state index >= 15 is 0 Å². The van der Waals surface area contributed by atoms with Crippen molar-refractivity contribution in [3.05, 3.63) is 48.5 Å². The van der Waals surface area contributed by atoms with Crippen LogP contribution < -0.4 is 4.90 Å². The third-order valence-corrected chi connectivity index (χ3v) is 6.74. The summed E-state index contributed by atoms with van der Waals surface area (Å²) in [6.45, 7) is 5.83. The molecule has 120 valence electrons. The molecule has 2 aliphatic rings. The standard InChI is InChI=1S/C20H24N2S/c1-14-12-16(15(2)21(14)3)13-22-17-8-4-6-10-19(17)23-20-11-7-5-9-18(20)22/h4-11,14-16H,12-13H2,1-3H3/t14-,15+,16+/m1/s1. The molecule has 0 aromatic heterocycles. The van der Waals surface area contributed by atoms with Crippen LogP contribution in [0, 0.1) is 5.92 Å². The molecule has 3 atom stereocenters. The van der Waals surface area contributed by atoms with E-state index in [9.17, 15) is 0 Å². The molecule has 1 saturated heterocycles. The Kier molecular flexibility index (Phi) is 3.86. The van der Waals surface area contributed by atoms with E-state index in [2.05, 4.69) is 79.2 Å². The van der Waals surface area contributed by atoms with Gasteiger partial charge in [-0.1, -0.05) is 36.0 Å². The van der Waals surface area contributed by atoms with Crippen molar-refractivity contribution in [3.8, 4) is 0 Å². The third-order valence-electron chi connectivity index (χ3n) is 5.61. The van der Waals surface area contributed by atoms with Gasteiger partial charge in [-0.3, -0.25) is 0 Å². The van der Waals surface area contributed by atoms with Crippen LogP contribution >= 0.6 is 11.8 Å². The van der Waals surface area contributed by atoms with E-state index in [0.29, 0.717) is 18.0 Å². The van der Waals surface area contributed by atoms with Crippen molar-refractivity contribution < 1.29 is 0 Å². The number of fused-ring (bicyclic) bond motifs is 2. The monoisotopic (exact) mass is 324 g/mol. The van der Waals surface area contributed by atoms with Gasteiger partial charge in [-0.25, -0.2) is 0 Å². The molecule has 2 aromatic carbocycles. The van der Waals surface area contributed by atoms with Gasteiger partial charge in [-0.2, -0.15) is 0 Å². The number of hydrogen-bond acceptors (Lipinski definition) is 3. The zero-order chi connectivity index (χ0) is 16.0. The molecular weight excluding hydrogens is 300 g/mol. The van der Waals surface area contributed by atoms with E-state index in [1.165, 1.54) is 27.6 Å². The quantitative estimate of drug-likeness (QED) is 0.766. The lowest BCUT2D eigenvalue weighted by Gasteiger charge is -2.35. The summed E-state index contributed by atoms with van der Waals surface area (Å²) in [5, 5.41) is 0. The zero-order valence-electron chi connectivity index (χ0n) is 14.1. The van der Waals surface area contributed by atoms with Gasteiger partial charge in [0.05, 0.1) is 11.4 Å². The summed E-state index contributed by atoms with van der Waals surface area (Å²) in [6, 6.07) is 19.0. The fourth-order valence-electron chi connectivity index (χ4n) is 3.97. The van der Waals surface area contributed by atoms with E-state index in [4.69, 9.17) is 0 Å². The molecule has 0 radical (unpaired) electrons. The maximum Gasteiger partial charge on any atom is 0.0552 e. The predicted octanol–water partition coefficient (Wildman–Crippen LogP) is 5.02. The summed E-state index contributed by atoms with van der Waals surface area (Å²) in [4.78, 5) is 7.83. The highest BCUT2D eigenvalue weighted by molar-refractivity contribution is 7.99. The summed E-state index contributed by atoms with van der Waals surface area (Å²) < 4.78 is 0. The Balaban J connectivity index is 1.71. The number of para-hydroxylation sites is 2. The molecule has 0 bridgehead atoms. The molecule has 2 aromatic rings. The fraction of sp³-hybridized carbons (Fsp3) is 0.400. The zero-order valence-corrected chi connectivity index (χ0v) is 14.9. The average Bonchev–Trinajstić information content (AvgIpc) is 2.81. The molecule has 2 aliphatic heterocycles. The molecule has 1 fully saturated rings. The number of rotatable bonds is 2. The van der Waals surface area contributed by atoms with Crippen LogP contribution in [-0.4, -0.2) is 30.6 Å². The van der Waals surface area contributed by atoms with Gasteiger partial charge in [0, 0.05) is 28.4 Å². The van der Waals surface area contributed by atoms with Crippen LogP contribution in [0.2, 0.25) is 0 Å². The second kappa shape index (κ2) is 5.88. The van der Waals surface area contributed by atoms with Gasteiger partial charge in [0.15, 0.2) is 0 Å². The van der Waals surface area contributed by atoms with E-state index < -0.39 is 0 Å².